The van der Waals surface area contributed by atoms with Crippen LogP contribution in [0, 0.1) is 0 Å². The van der Waals surface area contributed by atoms with Crippen LogP contribution in [-0.4, -0.2) is 0 Å². The number of hydrogen-bond donors (Lipinski definition) is 1. The SMILES string of the molecule is C[C@H](N)c1ccc(Sc2cc(Cl)ccc2Cl)cc1. The van der Waals surface area contributed by atoms with Crippen LogP contribution in [0.2, 0.25) is 10.0 Å². The van der Waals surface area contributed by atoms with Crippen LogP contribution < -0.4 is 5.73 Å². The Bertz CT molecular complexity index is 538. The molecule has 2 N–H and O–H groups in total. The molecule has 0 radical (unpaired) electrons. The van der Waals surface area contributed by atoms with Crippen molar-refractivity contribution < 1.29 is 0 Å². The molecule has 0 spiro atoms. The fraction of sp³-hybridized carbons (Fsp3) is 0.143. The predicted octanol–water partition coefficient (Wildman–Crippen LogP) is 5.16. The third kappa shape index (κ3) is 3.42. The Kier molecular flexibility index (Phi) is 4.57. The molecule has 0 bridgehead atoms. The smallest absolute Gasteiger partial charge is 0.0546 e. The highest BCUT2D eigenvalue weighted by molar-refractivity contribution is 7.99. The highest BCUT2D eigenvalue weighted by Gasteiger charge is 2.05. The van der Waals surface area contributed by atoms with Crippen molar-refractivity contribution in [2.45, 2.75) is 22.8 Å². The molecular formula is C14H13Cl2NS. The Morgan fingerprint density at radius 3 is 2.33 bits per heavy atom. The van der Waals surface area contributed by atoms with Gasteiger partial charge in [0.25, 0.3) is 0 Å². The maximum atomic E-state index is 6.13. The second-order valence-corrected chi connectivity index (χ2v) is 5.99. The standard InChI is InChI=1S/C14H13Cl2NS/c1-9(17)10-2-5-12(6-3-10)18-14-8-11(15)4-7-13(14)16/h2-9H,17H2,1H3/t9-/m0/s1. The molecule has 2 rings (SSSR count). The molecule has 18 heavy (non-hydrogen) atoms. The number of benzene rings is 2. The van der Waals surface area contributed by atoms with E-state index in [0.29, 0.717) is 10.0 Å². The van der Waals surface area contributed by atoms with Crippen LogP contribution in [0.4, 0.5) is 0 Å². The van der Waals surface area contributed by atoms with Gasteiger partial charge in [-0.1, -0.05) is 47.1 Å². The number of halogens is 2. The van der Waals surface area contributed by atoms with Gasteiger partial charge in [0.2, 0.25) is 0 Å². The Labute approximate surface area is 121 Å². The number of nitrogens with two attached hydrogens (primary N) is 1. The van der Waals surface area contributed by atoms with Crippen LogP contribution in [-0.2, 0) is 0 Å². The Morgan fingerprint density at radius 1 is 1.06 bits per heavy atom. The maximum Gasteiger partial charge on any atom is 0.0546 e. The van der Waals surface area contributed by atoms with Crippen LogP contribution in [0.1, 0.15) is 18.5 Å². The second kappa shape index (κ2) is 5.98. The molecule has 0 aliphatic heterocycles. The first kappa shape index (κ1) is 13.8. The molecule has 0 fully saturated rings. The Hall–Kier alpha value is -0.670. The van der Waals surface area contributed by atoms with Crippen molar-refractivity contribution >= 4 is 35.0 Å². The van der Waals surface area contributed by atoms with E-state index in [-0.39, 0.29) is 6.04 Å². The molecule has 0 saturated heterocycles. The molecule has 1 nitrogen and oxygen atoms in total. The third-order valence-corrected chi connectivity index (χ3v) is 4.27. The Balaban J connectivity index is 2.21. The van der Waals surface area contributed by atoms with Gasteiger partial charge in [-0.3, -0.25) is 0 Å². The summed E-state index contributed by atoms with van der Waals surface area (Å²) < 4.78 is 0. The first-order valence-electron chi connectivity index (χ1n) is 5.54. The van der Waals surface area contributed by atoms with Crippen molar-refractivity contribution in [1.82, 2.24) is 0 Å². The highest BCUT2D eigenvalue weighted by atomic mass is 35.5. The van der Waals surface area contributed by atoms with E-state index in [0.717, 1.165) is 15.4 Å². The van der Waals surface area contributed by atoms with E-state index in [1.807, 2.05) is 43.3 Å². The minimum atomic E-state index is 0.0545. The maximum absolute atomic E-state index is 6.13. The molecule has 0 aliphatic rings. The van der Waals surface area contributed by atoms with Gasteiger partial charge in [0, 0.05) is 20.9 Å². The normalized spacial score (nSPS) is 12.4. The van der Waals surface area contributed by atoms with E-state index in [4.69, 9.17) is 28.9 Å². The van der Waals surface area contributed by atoms with Crippen molar-refractivity contribution in [3.63, 3.8) is 0 Å². The fourth-order valence-electron chi connectivity index (χ4n) is 1.52. The minimum absolute atomic E-state index is 0.0545. The lowest BCUT2D eigenvalue weighted by molar-refractivity contribution is 0.817. The summed E-state index contributed by atoms with van der Waals surface area (Å²) in [5.41, 5.74) is 6.94. The van der Waals surface area contributed by atoms with Gasteiger partial charge in [-0.15, -0.1) is 0 Å². The zero-order chi connectivity index (χ0) is 13.1. The van der Waals surface area contributed by atoms with Crippen molar-refractivity contribution in [1.29, 1.82) is 0 Å². The van der Waals surface area contributed by atoms with Crippen molar-refractivity contribution in [2.75, 3.05) is 0 Å². The van der Waals surface area contributed by atoms with E-state index in [1.165, 1.54) is 0 Å². The minimum Gasteiger partial charge on any atom is -0.324 e. The monoisotopic (exact) mass is 297 g/mol. The largest absolute Gasteiger partial charge is 0.324 e. The van der Waals surface area contributed by atoms with Crippen LogP contribution in [0.15, 0.2) is 52.3 Å². The van der Waals surface area contributed by atoms with E-state index in [1.54, 1.807) is 17.8 Å². The lowest BCUT2D eigenvalue weighted by Gasteiger charge is -2.08. The first-order chi connectivity index (χ1) is 8.56. The summed E-state index contributed by atoms with van der Waals surface area (Å²) in [6, 6.07) is 13.7. The molecule has 0 unspecified atom stereocenters. The molecule has 2 aromatic rings. The topological polar surface area (TPSA) is 26.0 Å². The lowest BCUT2D eigenvalue weighted by atomic mass is 10.1. The average Bonchev–Trinajstić information content (AvgIpc) is 2.34. The zero-order valence-corrected chi connectivity index (χ0v) is 12.2. The summed E-state index contributed by atoms with van der Waals surface area (Å²) in [4.78, 5) is 2.07. The quantitative estimate of drug-likeness (QED) is 0.846. The number of hydrogen-bond acceptors (Lipinski definition) is 2. The molecule has 0 saturated carbocycles. The van der Waals surface area contributed by atoms with Gasteiger partial charge >= 0.3 is 0 Å². The summed E-state index contributed by atoms with van der Waals surface area (Å²) in [5.74, 6) is 0. The third-order valence-electron chi connectivity index (χ3n) is 2.53. The van der Waals surface area contributed by atoms with Crippen molar-refractivity contribution in [3.05, 3.63) is 58.1 Å². The summed E-state index contributed by atoms with van der Waals surface area (Å²) in [6.07, 6.45) is 0. The van der Waals surface area contributed by atoms with Gasteiger partial charge in [-0.05, 0) is 42.8 Å². The van der Waals surface area contributed by atoms with E-state index in [9.17, 15) is 0 Å². The van der Waals surface area contributed by atoms with E-state index in [2.05, 4.69) is 0 Å². The first-order valence-corrected chi connectivity index (χ1v) is 7.12. The van der Waals surface area contributed by atoms with Crippen LogP contribution in [0.5, 0.6) is 0 Å². The summed E-state index contributed by atoms with van der Waals surface area (Å²) >= 11 is 13.7. The van der Waals surface area contributed by atoms with Gasteiger partial charge in [0.1, 0.15) is 0 Å². The highest BCUT2D eigenvalue weighted by Crippen LogP contribution is 2.35. The Morgan fingerprint density at radius 2 is 1.72 bits per heavy atom. The number of rotatable bonds is 3. The molecule has 1 atom stereocenters. The van der Waals surface area contributed by atoms with Gasteiger partial charge in [0.05, 0.1) is 5.02 Å². The molecule has 0 heterocycles. The molecule has 2 aromatic carbocycles. The zero-order valence-electron chi connectivity index (χ0n) is 9.86. The van der Waals surface area contributed by atoms with Crippen LogP contribution in [0.3, 0.4) is 0 Å². The van der Waals surface area contributed by atoms with Crippen LogP contribution >= 0.6 is 35.0 Å². The van der Waals surface area contributed by atoms with E-state index >= 15 is 0 Å². The molecular weight excluding hydrogens is 285 g/mol. The molecule has 4 heteroatoms. The summed E-state index contributed by atoms with van der Waals surface area (Å²) in [5, 5.41) is 1.40. The van der Waals surface area contributed by atoms with Gasteiger partial charge < -0.3 is 5.73 Å². The molecule has 0 aliphatic carbocycles. The molecule has 94 valence electrons. The van der Waals surface area contributed by atoms with E-state index < -0.39 is 0 Å². The molecule has 0 amide bonds. The predicted molar refractivity (Wildman–Crippen MR) is 79.6 cm³/mol. The van der Waals surface area contributed by atoms with Crippen molar-refractivity contribution in [3.8, 4) is 0 Å². The molecule has 0 aromatic heterocycles. The summed E-state index contributed by atoms with van der Waals surface area (Å²) in [7, 11) is 0. The van der Waals surface area contributed by atoms with Gasteiger partial charge in [-0.2, -0.15) is 0 Å². The lowest BCUT2D eigenvalue weighted by Crippen LogP contribution is -2.04. The van der Waals surface area contributed by atoms with Crippen molar-refractivity contribution in [2.24, 2.45) is 5.73 Å². The fourth-order valence-corrected chi connectivity index (χ4v) is 2.87. The second-order valence-electron chi connectivity index (χ2n) is 4.03. The summed E-state index contributed by atoms with van der Waals surface area (Å²) in [6.45, 7) is 1.97. The average molecular weight is 298 g/mol. The van der Waals surface area contributed by atoms with Crippen LogP contribution in [0.25, 0.3) is 0 Å². The van der Waals surface area contributed by atoms with Gasteiger partial charge in [0.15, 0.2) is 0 Å². The van der Waals surface area contributed by atoms with Gasteiger partial charge in [-0.25, -0.2) is 0 Å².